The van der Waals surface area contributed by atoms with Crippen molar-refractivity contribution in [1.82, 2.24) is 10.2 Å². The highest BCUT2D eigenvalue weighted by Gasteiger charge is 2.54. The summed E-state index contributed by atoms with van der Waals surface area (Å²) in [6.45, 7) is 1.70. The average Bonchev–Trinajstić information content (AvgIpc) is 3.13. The second-order valence-electron chi connectivity index (χ2n) is 6.79. The molecule has 0 aliphatic carbocycles. The largest absolute Gasteiger partial charge is 0.477 e. The van der Waals surface area contributed by atoms with E-state index in [-0.39, 0.29) is 5.70 Å². The Kier molecular flexibility index (Phi) is 4.69. The molecule has 0 saturated carbocycles. The number of carboxylic acids is 1. The number of thioether (sulfide) groups is 2. The lowest BCUT2D eigenvalue weighted by atomic mass is 9.96. The van der Waals surface area contributed by atoms with Gasteiger partial charge in [0.15, 0.2) is 0 Å². The number of hydrogen-bond acceptors (Lipinski definition) is 6. The highest BCUT2D eigenvalue weighted by atomic mass is 32.2. The van der Waals surface area contributed by atoms with Gasteiger partial charge in [-0.15, -0.1) is 11.8 Å². The highest BCUT2D eigenvalue weighted by Crippen LogP contribution is 2.40. The number of carboxylic acid groups (broad SMARTS) is 1. The number of nitrogens with one attached hydrogen (secondary N) is 1. The number of hydrogen-bond donors (Lipinski definition) is 3. The van der Waals surface area contributed by atoms with Gasteiger partial charge in [0.2, 0.25) is 5.91 Å². The van der Waals surface area contributed by atoms with Crippen LogP contribution < -0.4 is 11.1 Å². The number of rotatable bonds is 4. The van der Waals surface area contributed by atoms with Crippen molar-refractivity contribution < 1.29 is 19.5 Å². The van der Waals surface area contributed by atoms with Crippen LogP contribution >= 0.6 is 23.5 Å². The molecular formula is C18H19N3O4S2. The number of β-lactam (4-membered cyclic amide) rings is 1. The van der Waals surface area contributed by atoms with E-state index in [0.717, 1.165) is 22.6 Å². The number of amides is 2. The molecule has 3 atom stereocenters. The Labute approximate surface area is 164 Å². The third kappa shape index (κ3) is 2.94. The number of carbonyl (C=O) groups excluding carboxylic acids is 2. The molecule has 4 N–H and O–H groups in total. The Morgan fingerprint density at radius 3 is 2.85 bits per heavy atom. The second-order valence-corrected chi connectivity index (χ2v) is 8.88. The minimum absolute atomic E-state index is 0.0245. The molecule has 1 aromatic carbocycles. The molecule has 142 valence electrons. The van der Waals surface area contributed by atoms with E-state index >= 15 is 0 Å². The number of aliphatic carboxylic acids is 1. The van der Waals surface area contributed by atoms with Crippen LogP contribution in [0.3, 0.4) is 0 Å². The molecule has 3 unspecified atom stereocenters. The Balaban J connectivity index is 1.50. The molecule has 1 aromatic rings. The maximum atomic E-state index is 12.7. The van der Waals surface area contributed by atoms with Gasteiger partial charge in [-0.25, -0.2) is 4.79 Å². The standard InChI is InChI=1S/C18H19N3O4S2/c1-8-5-27-17-13(16(23)21(17)14(8)18(24)25)20-15(22)12(19)10-4-2-3-9-6-26-7-11(9)10/h2-4,12-13,17H,5-7,19H2,1H3,(H,20,22)(H,24,25). The molecule has 7 nitrogen and oxygen atoms in total. The number of benzene rings is 1. The Bertz CT molecular complexity index is 885. The van der Waals surface area contributed by atoms with Crippen molar-refractivity contribution >= 4 is 41.3 Å². The summed E-state index contributed by atoms with van der Waals surface area (Å²) in [5.74, 6) is 0.312. The van der Waals surface area contributed by atoms with Crippen LogP contribution in [0, 0.1) is 0 Å². The highest BCUT2D eigenvalue weighted by molar-refractivity contribution is 8.00. The fourth-order valence-corrected chi connectivity index (χ4v) is 6.12. The summed E-state index contributed by atoms with van der Waals surface area (Å²) >= 11 is 3.23. The maximum absolute atomic E-state index is 12.7. The van der Waals surface area contributed by atoms with E-state index in [4.69, 9.17) is 5.73 Å². The number of carbonyl (C=O) groups is 3. The van der Waals surface area contributed by atoms with Gasteiger partial charge in [0, 0.05) is 17.3 Å². The third-order valence-corrected chi connectivity index (χ3v) is 7.52. The van der Waals surface area contributed by atoms with Crippen LogP contribution in [0.1, 0.15) is 29.7 Å². The van der Waals surface area contributed by atoms with Crippen molar-refractivity contribution in [1.29, 1.82) is 0 Å². The molecule has 0 spiro atoms. The van der Waals surface area contributed by atoms with Crippen molar-refractivity contribution in [2.45, 2.75) is 35.9 Å². The summed E-state index contributed by atoms with van der Waals surface area (Å²) in [5.41, 5.74) is 9.95. The average molecular weight is 406 g/mol. The number of nitrogens with two attached hydrogens (primary N) is 1. The van der Waals surface area contributed by atoms with E-state index in [9.17, 15) is 19.5 Å². The SMILES string of the molecule is CC1=C(C(=O)O)N2C(=O)C(NC(=O)C(N)c3cccc4c3CSC4)C2SC1. The first kappa shape index (κ1) is 18.4. The summed E-state index contributed by atoms with van der Waals surface area (Å²) < 4.78 is 0. The van der Waals surface area contributed by atoms with Gasteiger partial charge >= 0.3 is 5.97 Å². The van der Waals surface area contributed by atoms with Crippen molar-refractivity contribution in [3.63, 3.8) is 0 Å². The monoisotopic (exact) mass is 405 g/mol. The van der Waals surface area contributed by atoms with Gasteiger partial charge in [0.25, 0.3) is 5.91 Å². The summed E-state index contributed by atoms with van der Waals surface area (Å²) in [6.07, 6.45) is 0. The Morgan fingerprint density at radius 2 is 2.11 bits per heavy atom. The lowest BCUT2D eigenvalue weighted by Gasteiger charge is -2.49. The van der Waals surface area contributed by atoms with Gasteiger partial charge in [-0.05, 0) is 29.2 Å². The minimum atomic E-state index is -1.12. The summed E-state index contributed by atoms with van der Waals surface area (Å²) in [7, 11) is 0. The van der Waals surface area contributed by atoms with Crippen LogP contribution in [0.2, 0.25) is 0 Å². The molecule has 3 heterocycles. The van der Waals surface area contributed by atoms with Gasteiger partial charge in [-0.3, -0.25) is 14.5 Å². The molecule has 2 amide bonds. The van der Waals surface area contributed by atoms with Crippen LogP contribution in [-0.2, 0) is 25.9 Å². The van der Waals surface area contributed by atoms with Gasteiger partial charge in [-0.2, -0.15) is 11.8 Å². The lowest BCUT2D eigenvalue weighted by Crippen LogP contribution is -2.71. The van der Waals surface area contributed by atoms with E-state index in [2.05, 4.69) is 5.32 Å². The van der Waals surface area contributed by atoms with E-state index in [0.29, 0.717) is 11.3 Å². The van der Waals surface area contributed by atoms with Crippen molar-refractivity contribution in [2.24, 2.45) is 5.73 Å². The zero-order valence-electron chi connectivity index (χ0n) is 14.6. The molecule has 9 heteroatoms. The van der Waals surface area contributed by atoms with Crippen LogP contribution in [0.4, 0.5) is 0 Å². The second kappa shape index (κ2) is 6.88. The van der Waals surface area contributed by atoms with Gasteiger partial charge in [0.05, 0.1) is 0 Å². The topological polar surface area (TPSA) is 113 Å². The first-order valence-electron chi connectivity index (χ1n) is 8.52. The maximum Gasteiger partial charge on any atom is 0.352 e. The quantitative estimate of drug-likeness (QED) is 0.645. The van der Waals surface area contributed by atoms with E-state index < -0.39 is 35.2 Å². The van der Waals surface area contributed by atoms with E-state index in [1.807, 2.05) is 18.2 Å². The number of nitrogens with zero attached hydrogens (tertiary/aromatic N) is 1. The fourth-order valence-electron chi connectivity index (χ4n) is 3.68. The molecule has 4 rings (SSSR count). The van der Waals surface area contributed by atoms with Crippen LogP contribution in [0.5, 0.6) is 0 Å². The zero-order chi connectivity index (χ0) is 19.3. The molecule has 3 aliphatic heterocycles. The molecule has 27 heavy (non-hydrogen) atoms. The summed E-state index contributed by atoms with van der Waals surface area (Å²) in [5, 5.41) is 11.7. The van der Waals surface area contributed by atoms with Crippen LogP contribution in [-0.4, -0.2) is 45.0 Å². The van der Waals surface area contributed by atoms with Crippen molar-refractivity contribution in [2.75, 3.05) is 5.75 Å². The fraction of sp³-hybridized carbons (Fsp3) is 0.389. The molecule has 0 bridgehead atoms. The molecular weight excluding hydrogens is 386 g/mol. The van der Waals surface area contributed by atoms with Crippen molar-refractivity contribution in [3.05, 3.63) is 46.2 Å². The first-order valence-corrected chi connectivity index (χ1v) is 10.7. The van der Waals surface area contributed by atoms with E-state index in [1.165, 1.54) is 22.2 Å². The predicted octanol–water partition coefficient (Wildman–Crippen LogP) is 1.19. The Hall–Kier alpha value is -1.97. The summed E-state index contributed by atoms with van der Waals surface area (Å²) in [4.78, 5) is 37.9. The first-order chi connectivity index (χ1) is 12.9. The predicted molar refractivity (Wildman–Crippen MR) is 104 cm³/mol. The Morgan fingerprint density at radius 1 is 1.33 bits per heavy atom. The normalized spacial score (nSPS) is 24.8. The van der Waals surface area contributed by atoms with Gasteiger partial charge in [0.1, 0.15) is 23.2 Å². The van der Waals surface area contributed by atoms with Crippen LogP contribution in [0.15, 0.2) is 29.5 Å². The molecule has 0 aromatic heterocycles. The van der Waals surface area contributed by atoms with Crippen LogP contribution in [0.25, 0.3) is 0 Å². The van der Waals surface area contributed by atoms with E-state index in [1.54, 1.807) is 18.7 Å². The zero-order valence-corrected chi connectivity index (χ0v) is 16.2. The summed E-state index contributed by atoms with van der Waals surface area (Å²) in [6, 6.07) is 4.19. The molecule has 1 fully saturated rings. The number of fused-ring (bicyclic) bond motifs is 2. The van der Waals surface area contributed by atoms with Crippen molar-refractivity contribution in [3.8, 4) is 0 Å². The van der Waals surface area contributed by atoms with Gasteiger partial charge < -0.3 is 16.2 Å². The minimum Gasteiger partial charge on any atom is -0.477 e. The molecule has 1 saturated heterocycles. The molecule has 0 radical (unpaired) electrons. The lowest BCUT2D eigenvalue weighted by molar-refractivity contribution is -0.150. The smallest absolute Gasteiger partial charge is 0.352 e. The van der Waals surface area contributed by atoms with Gasteiger partial charge in [-0.1, -0.05) is 18.2 Å². The third-order valence-electron chi connectivity index (χ3n) is 5.09. The molecule has 3 aliphatic rings.